The molecule has 116 valence electrons. The lowest BCUT2D eigenvalue weighted by atomic mass is 10.1. The zero-order chi connectivity index (χ0) is 17.1. The molecule has 0 radical (unpaired) electrons. The number of nitrogens with zero attached hydrogens (tertiary/aromatic N) is 4. The van der Waals surface area contributed by atoms with E-state index in [1.165, 1.54) is 18.3 Å². The molecule has 0 spiro atoms. The lowest BCUT2D eigenvalue weighted by Crippen LogP contribution is -2.22. The molecule has 0 aliphatic heterocycles. The van der Waals surface area contributed by atoms with Gasteiger partial charge in [-0.2, -0.15) is 10.4 Å². The zero-order valence-corrected chi connectivity index (χ0v) is 13.0. The van der Waals surface area contributed by atoms with Crippen LogP contribution >= 0.6 is 11.6 Å². The standard InChI is InChI=1S/C15H11ClN4O3/c1-9-5-10(2)19(15(21)12(9)7-17)18-8-11-3-4-13(16)14(6-11)20(22)23/h3-6,8H,1-2H3/b18-8+. The summed E-state index contributed by atoms with van der Waals surface area (Å²) >= 11 is 5.74. The van der Waals surface area contributed by atoms with Crippen molar-refractivity contribution in [3.05, 3.63) is 72.1 Å². The first-order chi connectivity index (χ1) is 10.8. The summed E-state index contributed by atoms with van der Waals surface area (Å²) in [5, 5.41) is 23.9. The van der Waals surface area contributed by atoms with Crippen molar-refractivity contribution in [3.63, 3.8) is 0 Å². The summed E-state index contributed by atoms with van der Waals surface area (Å²) < 4.78 is 1.08. The first-order valence-electron chi connectivity index (χ1n) is 6.46. The summed E-state index contributed by atoms with van der Waals surface area (Å²) in [6.07, 6.45) is 1.30. The zero-order valence-electron chi connectivity index (χ0n) is 12.3. The maximum atomic E-state index is 12.2. The van der Waals surface area contributed by atoms with Crippen LogP contribution in [0.25, 0.3) is 0 Å². The maximum absolute atomic E-state index is 12.2. The quantitative estimate of drug-likeness (QED) is 0.490. The first kappa shape index (κ1) is 16.4. The molecule has 0 bridgehead atoms. The van der Waals surface area contributed by atoms with Crippen LogP contribution in [0.3, 0.4) is 0 Å². The summed E-state index contributed by atoms with van der Waals surface area (Å²) in [7, 11) is 0. The molecular weight excluding hydrogens is 320 g/mol. The number of aromatic nitrogens is 1. The van der Waals surface area contributed by atoms with Gasteiger partial charge in [0.2, 0.25) is 0 Å². The maximum Gasteiger partial charge on any atom is 0.289 e. The minimum atomic E-state index is -0.600. The van der Waals surface area contributed by atoms with E-state index >= 15 is 0 Å². The highest BCUT2D eigenvalue weighted by molar-refractivity contribution is 6.32. The van der Waals surface area contributed by atoms with Crippen LogP contribution in [0.1, 0.15) is 22.4 Å². The van der Waals surface area contributed by atoms with Gasteiger partial charge in [0.05, 0.1) is 11.1 Å². The van der Waals surface area contributed by atoms with Crippen LogP contribution in [0, 0.1) is 35.3 Å². The number of aryl methyl sites for hydroxylation is 2. The Morgan fingerprint density at radius 3 is 2.70 bits per heavy atom. The van der Waals surface area contributed by atoms with Gasteiger partial charge in [0.1, 0.15) is 16.7 Å². The van der Waals surface area contributed by atoms with E-state index < -0.39 is 10.5 Å². The smallest absolute Gasteiger partial charge is 0.266 e. The number of hydrogen-bond donors (Lipinski definition) is 0. The van der Waals surface area contributed by atoms with Gasteiger partial charge in [-0.05, 0) is 31.5 Å². The fraction of sp³-hybridized carbons (Fsp3) is 0.133. The fourth-order valence-corrected chi connectivity index (χ4v) is 2.22. The Hall–Kier alpha value is -2.98. The van der Waals surface area contributed by atoms with E-state index in [4.69, 9.17) is 16.9 Å². The van der Waals surface area contributed by atoms with Gasteiger partial charge >= 0.3 is 0 Å². The molecule has 0 saturated heterocycles. The Bertz CT molecular complexity index is 926. The highest BCUT2D eigenvalue weighted by Gasteiger charge is 2.12. The molecule has 7 nitrogen and oxygen atoms in total. The van der Waals surface area contributed by atoms with Crippen molar-refractivity contribution < 1.29 is 4.92 Å². The predicted molar refractivity (Wildman–Crippen MR) is 86.0 cm³/mol. The minimum Gasteiger partial charge on any atom is -0.266 e. The monoisotopic (exact) mass is 330 g/mol. The van der Waals surface area contributed by atoms with Gasteiger partial charge < -0.3 is 0 Å². The molecule has 0 aliphatic carbocycles. The summed E-state index contributed by atoms with van der Waals surface area (Å²) in [5.74, 6) is 0. The average molecular weight is 331 g/mol. The Kier molecular flexibility index (Phi) is 4.57. The number of nitro groups is 1. The van der Waals surface area contributed by atoms with Crippen molar-refractivity contribution in [2.24, 2.45) is 5.10 Å². The third-order valence-electron chi connectivity index (χ3n) is 3.16. The normalized spacial score (nSPS) is 10.7. The van der Waals surface area contributed by atoms with Crippen LogP contribution in [0.5, 0.6) is 0 Å². The molecular formula is C15H11ClN4O3. The molecule has 8 heteroatoms. The molecule has 1 heterocycles. The lowest BCUT2D eigenvalue weighted by Gasteiger charge is -2.06. The molecule has 0 atom stereocenters. The van der Waals surface area contributed by atoms with Crippen molar-refractivity contribution in [1.82, 2.24) is 4.68 Å². The molecule has 23 heavy (non-hydrogen) atoms. The second-order valence-corrected chi connectivity index (χ2v) is 5.19. The predicted octanol–water partition coefficient (Wildman–Crippen LogP) is 2.78. The second-order valence-electron chi connectivity index (χ2n) is 4.79. The van der Waals surface area contributed by atoms with Crippen molar-refractivity contribution in [2.75, 3.05) is 0 Å². The topological polar surface area (TPSA) is 101 Å². The molecule has 0 unspecified atom stereocenters. The molecule has 0 saturated carbocycles. The number of nitriles is 1. The summed E-state index contributed by atoms with van der Waals surface area (Å²) in [4.78, 5) is 22.5. The molecule has 2 aromatic rings. The number of nitro benzene ring substituents is 1. The fourth-order valence-electron chi connectivity index (χ4n) is 2.04. The Morgan fingerprint density at radius 1 is 1.39 bits per heavy atom. The van der Waals surface area contributed by atoms with E-state index in [9.17, 15) is 14.9 Å². The van der Waals surface area contributed by atoms with Crippen LogP contribution in [0.4, 0.5) is 5.69 Å². The van der Waals surface area contributed by atoms with Crippen molar-refractivity contribution >= 4 is 23.5 Å². The van der Waals surface area contributed by atoms with E-state index in [-0.39, 0.29) is 16.3 Å². The molecule has 0 amide bonds. The van der Waals surface area contributed by atoms with Gasteiger partial charge in [-0.1, -0.05) is 17.7 Å². The van der Waals surface area contributed by atoms with Gasteiger partial charge in [0.15, 0.2) is 0 Å². The molecule has 0 fully saturated rings. The van der Waals surface area contributed by atoms with Gasteiger partial charge in [-0.3, -0.25) is 14.9 Å². The van der Waals surface area contributed by atoms with Gasteiger partial charge in [0.25, 0.3) is 11.2 Å². The van der Waals surface area contributed by atoms with Crippen molar-refractivity contribution in [3.8, 4) is 6.07 Å². The Morgan fingerprint density at radius 2 is 2.09 bits per heavy atom. The highest BCUT2D eigenvalue weighted by Crippen LogP contribution is 2.24. The summed E-state index contributed by atoms with van der Waals surface area (Å²) in [5.41, 5.74) is 0.752. The molecule has 0 aliphatic rings. The SMILES string of the molecule is Cc1cc(C)n(/N=C/c2ccc(Cl)c([N+](=O)[O-])c2)c(=O)c1C#N. The highest BCUT2D eigenvalue weighted by atomic mass is 35.5. The lowest BCUT2D eigenvalue weighted by molar-refractivity contribution is -0.384. The third kappa shape index (κ3) is 3.27. The van der Waals surface area contributed by atoms with E-state index in [0.29, 0.717) is 16.8 Å². The van der Waals surface area contributed by atoms with Crippen LogP contribution in [0.15, 0.2) is 34.2 Å². The first-order valence-corrected chi connectivity index (χ1v) is 6.84. The van der Waals surface area contributed by atoms with E-state index in [1.54, 1.807) is 26.0 Å². The molecule has 2 rings (SSSR count). The van der Waals surface area contributed by atoms with Crippen molar-refractivity contribution in [1.29, 1.82) is 5.26 Å². The second kappa shape index (κ2) is 6.42. The van der Waals surface area contributed by atoms with Gasteiger partial charge in [-0.25, -0.2) is 4.68 Å². The number of benzene rings is 1. The van der Waals surface area contributed by atoms with Gasteiger partial charge in [-0.15, -0.1) is 0 Å². The number of hydrogen-bond acceptors (Lipinski definition) is 5. The summed E-state index contributed by atoms with van der Waals surface area (Å²) in [6, 6.07) is 7.69. The summed E-state index contributed by atoms with van der Waals surface area (Å²) in [6.45, 7) is 3.35. The molecule has 1 aromatic carbocycles. The van der Waals surface area contributed by atoms with Crippen LogP contribution < -0.4 is 5.56 Å². The average Bonchev–Trinajstić information content (AvgIpc) is 2.48. The Labute approximate surface area is 136 Å². The van der Waals surface area contributed by atoms with E-state index in [0.717, 1.165) is 4.68 Å². The number of pyridine rings is 1. The largest absolute Gasteiger partial charge is 0.289 e. The molecule has 1 aromatic heterocycles. The van der Waals surface area contributed by atoms with Crippen molar-refractivity contribution in [2.45, 2.75) is 13.8 Å². The van der Waals surface area contributed by atoms with E-state index in [2.05, 4.69) is 5.10 Å². The number of halogens is 1. The molecule has 0 N–H and O–H groups in total. The van der Waals surface area contributed by atoms with Gasteiger partial charge in [0, 0.05) is 17.3 Å². The van der Waals surface area contributed by atoms with Crippen LogP contribution in [0.2, 0.25) is 5.02 Å². The minimum absolute atomic E-state index is 0.00911. The third-order valence-corrected chi connectivity index (χ3v) is 3.48. The van der Waals surface area contributed by atoms with E-state index in [1.807, 2.05) is 6.07 Å². The van der Waals surface area contributed by atoms with Crippen LogP contribution in [-0.4, -0.2) is 15.8 Å². The Balaban J connectivity index is 2.50. The van der Waals surface area contributed by atoms with Crippen LogP contribution in [-0.2, 0) is 0 Å². The number of rotatable bonds is 3.